The van der Waals surface area contributed by atoms with E-state index in [-0.39, 0.29) is 21.7 Å². The van der Waals surface area contributed by atoms with Crippen molar-refractivity contribution in [2.24, 2.45) is 5.73 Å². The molecule has 0 amide bonds. The van der Waals surface area contributed by atoms with E-state index in [1.165, 1.54) is 0 Å². The second-order valence-electron chi connectivity index (χ2n) is 3.77. The Labute approximate surface area is 104 Å². The van der Waals surface area contributed by atoms with Crippen molar-refractivity contribution in [1.82, 2.24) is 9.71 Å². The number of aromatic amines is 1. The number of H-pyrrole nitrogens is 1. The maximum absolute atomic E-state index is 12.0. The fourth-order valence-corrected chi connectivity index (χ4v) is 4.09. The van der Waals surface area contributed by atoms with Gasteiger partial charge in [-0.25, -0.2) is 13.1 Å². The molecule has 6 nitrogen and oxygen atoms in total. The van der Waals surface area contributed by atoms with E-state index in [0.29, 0.717) is 23.5 Å². The van der Waals surface area contributed by atoms with Gasteiger partial charge in [-0.1, -0.05) is 24.7 Å². The Morgan fingerprint density at radius 3 is 2.59 bits per heavy atom. The van der Waals surface area contributed by atoms with Gasteiger partial charge in [-0.3, -0.25) is 4.79 Å². The van der Waals surface area contributed by atoms with Gasteiger partial charge in [-0.05, 0) is 13.3 Å². The summed E-state index contributed by atoms with van der Waals surface area (Å²) in [5.41, 5.74) is 5.86. The minimum atomic E-state index is -3.65. The highest BCUT2D eigenvalue weighted by molar-refractivity contribution is 7.91. The van der Waals surface area contributed by atoms with Crippen LogP contribution in [0.2, 0.25) is 0 Å². The van der Waals surface area contributed by atoms with Crippen molar-refractivity contribution in [1.29, 1.82) is 0 Å². The molecule has 1 aromatic rings. The summed E-state index contributed by atoms with van der Waals surface area (Å²) in [5, 5.41) is 0. The number of nitrogens with one attached hydrogen (secondary N) is 2. The van der Waals surface area contributed by atoms with E-state index in [4.69, 9.17) is 5.73 Å². The molecule has 1 atom stereocenters. The zero-order valence-corrected chi connectivity index (χ0v) is 11.5. The van der Waals surface area contributed by atoms with E-state index in [9.17, 15) is 13.2 Å². The van der Waals surface area contributed by atoms with Crippen LogP contribution < -0.4 is 15.3 Å². The quantitative estimate of drug-likeness (QED) is 0.689. The van der Waals surface area contributed by atoms with Crippen LogP contribution in [0, 0.1) is 6.92 Å². The van der Waals surface area contributed by atoms with Crippen LogP contribution in [0.25, 0.3) is 0 Å². The Bertz CT molecular complexity index is 518. The number of nitrogens with two attached hydrogens (primary N) is 1. The second-order valence-corrected chi connectivity index (χ2v) is 6.66. The second kappa shape index (κ2) is 5.76. The molecule has 0 spiro atoms. The molecule has 0 aromatic carbocycles. The van der Waals surface area contributed by atoms with Gasteiger partial charge >= 0.3 is 4.87 Å². The average molecular weight is 279 g/mol. The van der Waals surface area contributed by atoms with Crippen molar-refractivity contribution in [3.63, 3.8) is 0 Å². The minimum Gasteiger partial charge on any atom is -0.329 e. The summed E-state index contributed by atoms with van der Waals surface area (Å²) >= 11 is 0.689. The summed E-state index contributed by atoms with van der Waals surface area (Å²) in [6.45, 7) is 3.76. The molecule has 0 aliphatic heterocycles. The number of hydrogen-bond donors (Lipinski definition) is 3. The number of sulfonamides is 1. The maximum atomic E-state index is 12.0. The van der Waals surface area contributed by atoms with E-state index < -0.39 is 10.0 Å². The smallest absolute Gasteiger partial charge is 0.305 e. The molecule has 0 aliphatic carbocycles. The van der Waals surface area contributed by atoms with E-state index in [2.05, 4.69) is 9.71 Å². The van der Waals surface area contributed by atoms with Gasteiger partial charge < -0.3 is 10.7 Å². The molecule has 0 radical (unpaired) electrons. The first-order valence-corrected chi connectivity index (χ1v) is 7.62. The van der Waals surface area contributed by atoms with Crippen LogP contribution in [0.5, 0.6) is 0 Å². The molecule has 0 bridgehead atoms. The third-order valence-corrected chi connectivity index (χ3v) is 5.39. The number of thiazole rings is 1. The van der Waals surface area contributed by atoms with E-state index in [1.807, 2.05) is 6.92 Å². The number of rotatable bonds is 6. The first kappa shape index (κ1) is 14.4. The Hall–Kier alpha value is -0.700. The van der Waals surface area contributed by atoms with Gasteiger partial charge in [-0.2, -0.15) is 0 Å². The third-order valence-electron chi connectivity index (χ3n) is 2.27. The molecule has 0 saturated carbocycles. The summed E-state index contributed by atoms with van der Waals surface area (Å²) in [6, 6.07) is -0.290. The lowest BCUT2D eigenvalue weighted by atomic mass is 10.2. The molecule has 1 heterocycles. The fourth-order valence-electron chi connectivity index (χ4n) is 1.49. The number of hydrogen-bond acceptors (Lipinski definition) is 5. The third kappa shape index (κ3) is 3.63. The average Bonchev–Trinajstić information content (AvgIpc) is 2.57. The van der Waals surface area contributed by atoms with Crippen LogP contribution in [0.15, 0.2) is 9.00 Å². The Morgan fingerprint density at radius 1 is 1.53 bits per heavy atom. The van der Waals surface area contributed by atoms with Crippen LogP contribution in [0.3, 0.4) is 0 Å². The van der Waals surface area contributed by atoms with Crippen molar-refractivity contribution in [3.8, 4) is 0 Å². The first-order chi connectivity index (χ1) is 7.90. The fraction of sp³-hybridized carbons (Fsp3) is 0.667. The summed E-state index contributed by atoms with van der Waals surface area (Å²) < 4.78 is 26.5. The molecule has 0 aliphatic rings. The van der Waals surface area contributed by atoms with Crippen molar-refractivity contribution in [2.75, 3.05) is 6.54 Å². The predicted octanol–water partition coefficient (Wildman–Crippen LogP) is 0.151. The Morgan fingerprint density at radius 2 is 2.18 bits per heavy atom. The van der Waals surface area contributed by atoms with Gasteiger partial charge in [0.1, 0.15) is 0 Å². The molecule has 0 saturated heterocycles. The molecule has 0 fully saturated rings. The molecule has 1 aromatic heterocycles. The largest absolute Gasteiger partial charge is 0.329 e. The summed E-state index contributed by atoms with van der Waals surface area (Å²) in [7, 11) is -3.65. The van der Waals surface area contributed by atoms with Gasteiger partial charge in [0, 0.05) is 18.3 Å². The lowest BCUT2D eigenvalue weighted by molar-refractivity contribution is 0.528. The highest BCUT2D eigenvalue weighted by Crippen LogP contribution is 2.16. The molecule has 4 N–H and O–H groups in total. The van der Waals surface area contributed by atoms with E-state index >= 15 is 0 Å². The topological polar surface area (TPSA) is 105 Å². The highest BCUT2D eigenvalue weighted by Gasteiger charge is 2.23. The van der Waals surface area contributed by atoms with Crippen LogP contribution in [0.4, 0.5) is 0 Å². The molecule has 8 heteroatoms. The summed E-state index contributed by atoms with van der Waals surface area (Å²) in [6.07, 6.45) is 1.51. The molecular weight excluding hydrogens is 262 g/mol. The van der Waals surface area contributed by atoms with E-state index in [0.717, 1.165) is 6.42 Å². The lowest BCUT2D eigenvalue weighted by Crippen LogP contribution is -2.39. The van der Waals surface area contributed by atoms with Gasteiger partial charge in [-0.15, -0.1) is 0 Å². The molecule has 98 valence electrons. The van der Waals surface area contributed by atoms with Crippen LogP contribution in [-0.2, 0) is 10.0 Å². The Balaban J connectivity index is 2.96. The van der Waals surface area contributed by atoms with Crippen LogP contribution in [-0.4, -0.2) is 26.0 Å². The van der Waals surface area contributed by atoms with Gasteiger partial charge in [0.25, 0.3) is 10.0 Å². The highest BCUT2D eigenvalue weighted by atomic mass is 32.2. The molecule has 1 rings (SSSR count). The van der Waals surface area contributed by atoms with Gasteiger partial charge in [0.05, 0.1) is 0 Å². The van der Waals surface area contributed by atoms with Gasteiger partial charge in [0.15, 0.2) is 4.21 Å². The van der Waals surface area contributed by atoms with E-state index in [1.54, 1.807) is 6.92 Å². The van der Waals surface area contributed by atoms with Crippen LogP contribution in [0.1, 0.15) is 25.5 Å². The zero-order chi connectivity index (χ0) is 13.1. The maximum Gasteiger partial charge on any atom is 0.305 e. The number of aromatic nitrogens is 1. The lowest BCUT2D eigenvalue weighted by Gasteiger charge is -2.15. The zero-order valence-electron chi connectivity index (χ0n) is 9.82. The van der Waals surface area contributed by atoms with Crippen molar-refractivity contribution in [2.45, 2.75) is 36.9 Å². The van der Waals surface area contributed by atoms with Crippen molar-refractivity contribution >= 4 is 21.4 Å². The molecule has 17 heavy (non-hydrogen) atoms. The number of aryl methyl sites for hydroxylation is 1. The monoisotopic (exact) mass is 279 g/mol. The van der Waals surface area contributed by atoms with Gasteiger partial charge in [0.2, 0.25) is 0 Å². The van der Waals surface area contributed by atoms with Crippen molar-refractivity contribution < 1.29 is 8.42 Å². The summed E-state index contributed by atoms with van der Waals surface area (Å²) in [4.78, 5) is 13.2. The molecule has 1 unspecified atom stereocenters. The standard InChI is InChI=1S/C9H17N3O3S2/c1-3-4-7(5-10)12-17(14,15)8-6(2)11-9(13)16-8/h7,12H,3-5,10H2,1-2H3,(H,11,13). The normalized spacial score (nSPS) is 13.8. The Kier molecular flexibility index (Phi) is 4.87. The van der Waals surface area contributed by atoms with Crippen LogP contribution >= 0.6 is 11.3 Å². The SMILES string of the molecule is CCCC(CN)NS(=O)(=O)c1sc(=O)[nH]c1C. The summed E-state index contributed by atoms with van der Waals surface area (Å²) in [5.74, 6) is 0. The predicted molar refractivity (Wildman–Crippen MR) is 67.7 cm³/mol. The minimum absolute atomic E-state index is 0.0389. The van der Waals surface area contributed by atoms with Crippen molar-refractivity contribution in [3.05, 3.63) is 15.4 Å². The molecular formula is C9H17N3O3S2. The first-order valence-electron chi connectivity index (χ1n) is 5.32.